The summed E-state index contributed by atoms with van der Waals surface area (Å²) in [5.74, 6) is 0. The third kappa shape index (κ3) is 8.88. The van der Waals surface area contributed by atoms with Gasteiger partial charge in [0.1, 0.15) is 0 Å². The van der Waals surface area contributed by atoms with Crippen LogP contribution in [0.15, 0.2) is 0 Å². The molecule has 0 fully saturated rings. The van der Waals surface area contributed by atoms with Crippen LogP contribution in [0.1, 0.15) is 0 Å². The van der Waals surface area contributed by atoms with Gasteiger partial charge in [0.05, 0.1) is 0 Å². The van der Waals surface area contributed by atoms with Crippen LogP contribution in [0.25, 0.3) is 0 Å². The molecule has 0 heterocycles. The van der Waals surface area contributed by atoms with Gasteiger partial charge in [-0.1, -0.05) is 0 Å². The Balaban J connectivity index is 0. The van der Waals surface area contributed by atoms with Crippen LogP contribution in [0.4, 0.5) is 0 Å². The number of hydrogen-bond acceptors (Lipinski definition) is 0. The number of rotatable bonds is 0. The summed E-state index contributed by atoms with van der Waals surface area (Å²) in [7, 11) is 0. The number of hydrogen-bond donors (Lipinski definition) is 0. The van der Waals surface area contributed by atoms with Crippen molar-refractivity contribution in [3.63, 3.8) is 0 Å². The van der Waals surface area contributed by atoms with Gasteiger partial charge < -0.3 is 0 Å². The Morgan fingerprint density at radius 3 is 1.00 bits per heavy atom. The fourth-order valence-electron chi connectivity index (χ4n) is 0. The SMILES string of the molecule is [Cu].[Fe].[Ni].[Pt]. The van der Waals surface area contributed by atoms with Crippen LogP contribution in [0.5, 0.6) is 0 Å². The summed E-state index contributed by atoms with van der Waals surface area (Å²) in [6.07, 6.45) is 0. The molecule has 0 aromatic rings. The van der Waals surface area contributed by atoms with Gasteiger partial charge in [-0.05, 0) is 0 Å². The second kappa shape index (κ2) is 18.9. The minimum Gasteiger partial charge on any atom is 0 e. The molecule has 0 N–H and O–H groups in total. The van der Waals surface area contributed by atoms with E-state index in [1.807, 2.05) is 0 Å². The van der Waals surface area contributed by atoms with E-state index in [0.717, 1.165) is 0 Å². The molecule has 0 aliphatic heterocycles. The molecule has 0 spiro atoms. The first kappa shape index (κ1) is 34.4. The van der Waals surface area contributed by atoms with Gasteiger partial charge in [-0.15, -0.1) is 0 Å². The quantitative estimate of drug-likeness (QED) is 0.525. The third-order valence-corrected chi connectivity index (χ3v) is 0. The fraction of sp³-hybridized carbons (Fsp3) is 0. The van der Waals surface area contributed by atoms with E-state index in [1.165, 1.54) is 0 Å². The van der Waals surface area contributed by atoms with Crippen molar-refractivity contribution in [3.8, 4) is 0 Å². The predicted octanol–water partition coefficient (Wildman–Crippen LogP) is -0.0100. The minimum atomic E-state index is 0. The van der Waals surface area contributed by atoms with Gasteiger partial charge in [-0.3, -0.25) is 0 Å². The first-order chi connectivity index (χ1) is 0. The summed E-state index contributed by atoms with van der Waals surface area (Å²) >= 11 is 0. The molecular weight excluding hydrogens is 373 g/mol. The summed E-state index contributed by atoms with van der Waals surface area (Å²) in [6.45, 7) is 0. The Bertz CT molecular complexity index is 8.00. The van der Waals surface area contributed by atoms with Gasteiger partial charge in [0, 0.05) is 71.7 Å². The monoisotopic (exact) mass is 372 g/mol. The molecule has 0 amide bonds. The third-order valence-electron chi connectivity index (χ3n) is 0. The maximum Gasteiger partial charge on any atom is 0 e. The van der Waals surface area contributed by atoms with E-state index in [2.05, 4.69) is 0 Å². The van der Waals surface area contributed by atoms with E-state index in [4.69, 9.17) is 0 Å². The summed E-state index contributed by atoms with van der Waals surface area (Å²) < 4.78 is 0. The van der Waals surface area contributed by atoms with Gasteiger partial charge in [-0.25, -0.2) is 0 Å². The zero-order chi connectivity index (χ0) is 0. The van der Waals surface area contributed by atoms with Crippen molar-refractivity contribution in [1.82, 2.24) is 0 Å². The molecule has 0 atom stereocenters. The van der Waals surface area contributed by atoms with Crippen molar-refractivity contribution in [2.75, 3.05) is 0 Å². The zero-order valence-corrected chi connectivity index (χ0v) is 6.59. The van der Waals surface area contributed by atoms with Gasteiger partial charge in [0.15, 0.2) is 0 Å². The summed E-state index contributed by atoms with van der Waals surface area (Å²) in [5.41, 5.74) is 0. The Morgan fingerprint density at radius 1 is 1.00 bits per heavy atom. The first-order valence-corrected chi connectivity index (χ1v) is 0. The van der Waals surface area contributed by atoms with Crippen LogP contribution >= 0.6 is 0 Å². The molecule has 0 aromatic heterocycles. The average Bonchev–Trinajstić information content (AvgIpc) is 0. The molecule has 1 radical (unpaired) electrons. The molecule has 0 unspecified atom stereocenters. The Hall–Kier alpha value is 2.22. The molecule has 4 heteroatoms. The Morgan fingerprint density at radius 2 is 1.00 bits per heavy atom. The van der Waals surface area contributed by atoms with E-state index < -0.39 is 0 Å². The second-order valence-electron chi connectivity index (χ2n) is 0. The first-order valence-electron chi connectivity index (χ1n) is 0. The second-order valence-corrected chi connectivity index (χ2v) is 0. The molecule has 0 bridgehead atoms. The molecule has 0 rings (SSSR count). The van der Waals surface area contributed by atoms with E-state index in [0.29, 0.717) is 0 Å². The molecule has 4 heavy (non-hydrogen) atoms. The van der Waals surface area contributed by atoms with Crippen molar-refractivity contribution in [2.24, 2.45) is 0 Å². The Kier molecular flexibility index (Phi) is 162. The van der Waals surface area contributed by atoms with Gasteiger partial charge in [0.25, 0.3) is 0 Å². The molecule has 0 nitrogen and oxygen atoms in total. The summed E-state index contributed by atoms with van der Waals surface area (Å²) in [5, 5.41) is 0. The fourth-order valence-corrected chi connectivity index (χ4v) is 0. The summed E-state index contributed by atoms with van der Waals surface area (Å²) in [4.78, 5) is 0. The van der Waals surface area contributed by atoms with Gasteiger partial charge in [0.2, 0.25) is 0 Å². The maximum absolute atomic E-state index is 0. The molecule has 0 aliphatic carbocycles. The Labute approximate surface area is 71.0 Å². The minimum absolute atomic E-state index is 0. The van der Waals surface area contributed by atoms with Gasteiger partial charge >= 0.3 is 0 Å². The van der Waals surface area contributed by atoms with Crippen LogP contribution in [-0.2, 0) is 71.7 Å². The van der Waals surface area contributed by atoms with Crippen molar-refractivity contribution in [3.05, 3.63) is 0 Å². The molecule has 0 saturated heterocycles. The molecular formula is CuFeNiPt. The van der Waals surface area contributed by atoms with Crippen LogP contribution in [0, 0.1) is 0 Å². The van der Waals surface area contributed by atoms with Crippen molar-refractivity contribution < 1.29 is 71.7 Å². The average molecular weight is 373 g/mol. The van der Waals surface area contributed by atoms with Crippen LogP contribution in [-0.4, -0.2) is 0 Å². The molecule has 0 aromatic carbocycles. The topological polar surface area (TPSA) is 0 Å². The largest absolute Gasteiger partial charge is 0 e. The standard InChI is InChI=1S/Cu.Fe.Ni.Pt. The molecule has 0 aliphatic rings. The zero-order valence-electron chi connectivity index (χ0n) is 1.29. The summed E-state index contributed by atoms with van der Waals surface area (Å²) in [6, 6.07) is 0. The van der Waals surface area contributed by atoms with Crippen LogP contribution in [0.2, 0.25) is 0 Å². The smallest absolute Gasteiger partial charge is 0 e. The molecule has 39 valence electrons. The van der Waals surface area contributed by atoms with Crippen LogP contribution < -0.4 is 0 Å². The van der Waals surface area contributed by atoms with E-state index in [9.17, 15) is 0 Å². The van der Waals surface area contributed by atoms with Gasteiger partial charge in [-0.2, -0.15) is 0 Å². The van der Waals surface area contributed by atoms with Crippen molar-refractivity contribution in [2.45, 2.75) is 0 Å². The van der Waals surface area contributed by atoms with E-state index >= 15 is 0 Å². The maximum atomic E-state index is 0. The molecule has 0 saturated carbocycles. The van der Waals surface area contributed by atoms with Crippen molar-refractivity contribution >= 4 is 0 Å². The predicted molar refractivity (Wildman–Crippen MR) is 0 cm³/mol. The normalized spacial score (nSPS) is 0. The van der Waals surface area contributed by atoms with E-state index in [-0.39, 0.29) is 71.7 Å². The van der Waals surface area contributed by atoms with Crippen LogP contribution in [0.3, 0.4) is 0 Å². The van der Waals surface area contributed by atoms with E-state index in [1.54, 1.807) is 0 Å². The van der Waals surface area contributed by atoms with Crippen molar-refractivity contribution in [1.29, 1.82) is 0 Å².